The minimum atomic E-state index is -1.56. The van der Waals surface area contributed by atoms with Crippen LogP contribution in [0.4, 0.5) is 8.78 Å². The molecule has 1 heterocycles. The summed E-state index contributed by atoms with van der Waals surface area (Å²) in [5.41, 5.74) is 2.52. The van der Waals surface area contributed by atoms with Crippen LogP contribution in [0.3, 0.4) is 0 Å². The maximum absolute atomic E-state index is 14.6. The fourth-order valence-corrected chi connectivity index (χ4v) is 9.08. The molecular formula is C38H36F2NO2PS. The lowest BCUT2D eigenvalue weighted by Crippen LogP contribution is -2.37. The van der Waals surface area contributed by atoms with Gasteiger partial charge in [-0.05, 0) is 57.0 Å². The third kappa shape index (κ3) is 6.12. The first-order valence-electron chi connectivity index (χ1n) is 14.9. The molecule has 0 fully saturated rings. The van der Waals surface area contributed by atoms with Gasteiger partial charge in [0.05, 0.1) is 21.8 Å². The minimum absolute atomic E-state index is 0.329. The van der Waals surface area contributed by atoms with Gasteiger partial charge in [-0.1, -0.05) is 111 Å². The van der Waals surface area contributed by atoms with Crippen LogP contribution >= 0.6 is 7.92 Å². The fourth-order valence-electron chi connectivity index (χ4n) is 5.85. The molecule has 0 bridgehead atoms. The fraction of sp³-hybridized carbons (Fsp3) is 0.211. The van der Waals surface area contributed by atoms with Gasteiger partial charge in [-0.25, -0.2) is 17.7 Å². The molecule has 45 heavy (non-hydrogen) atoms. The van der Waals surface area contributed by atoms with Gasteiger partial charge in [-0.15, -0.1) is 0 Å². The van der Waals surface area contributed by atoms with E-state index in [9.17, 15) is 13.0 Å². The Bertz CT molecular complexity index is 1810. The summed E-state index contributed by atoms with van der Waals surface area (Å²) in [6.45, 7) is 9.92. The number of halogens is 2. The number of fused-ring (bicyclic) bond motifs is 2. The van der Waals surface area contributed by atoms with Crippen molar-refractivity contribution in [2.75, 3.05) is 0 Å². The Morgan fingerprint density at radius 2 is 1.27 bits per heavy atom. The first kappa shape index (κ1) is 31.3. The largest absolute Gasteiger partial charge is 0.456 e. The van der Waals surface area contributed by atoms with Crippen molar-refractivity contribution in [3.8, 4) is 11.5 Å². The van der Waals surface area contributed by atoms with Crippen molar-refractivity contribution in [3.05, 3.63) is 149 Å². The van der Waals surface area contributed by atoms with Crippen molar-refractivity contribution < 1.29 is 17.7 Å². The van der Waals surface area contributed by atoms with Crippen LogP contribution in [0.15, 0.2) is 115 Å². The number of hydrogen-bond acceptors (Lipinski definition) is 2. The third-order valence-corrected chi connectivity index (χ3v) is 12.2. The molecule has 1 aliphatic heterocycles. The van der Waals surface area contributed by atoms with Crippen molar-refractivity contribution in [2.24, 2.45) is 0 Å². The zero-order valence-electron chi connectivity index (χ0n) is 26.0. The molecule has 0 aromatic heterocycles. The first-order valence-corrected chi connectivity index (χ1v) is 17.4. The molecule has 6 rings (SSSR count). The highest BCUT2D eigenvalue weighted by molar-refractivity contribution is 7.84. The Morgan fingerprint density at radius 3 is 1.82 bits per heavy atom. The van der Waals surface area contributed by atoms with Gasteiger partial charge in [0, 0.05) is 33.5 Å². The molecule has 230 valence electrons. The molecule has 0 aliphatic carbocycles. The molecule has 0 saturated carbocycles. The Labute approximate surface area is 268 Å². The van der Waals surface area contributed by atoms with Crippen LogP contribution in [0.2, 0.25) is 0 Å². The van der Waals surface area contributed by atoms with Crippen molar-refractivity contribution >= 4 is 34.8 Å². The van der Waals surface area contributed by atoms with Crippen LogP contribution < -0.4 is 25.4 Å². The Kier molecular flexibility index (Phi) is 8.51. The van der Waals surface area contributed by atoms with Gasteiger partial charge in [-0.2, -0.15) is 0 Å². The molecule has 2 atom stereocenters. The molecule has 7 heteroatoms. The van der Waals surface area contributed by atoms with E-state index >= 15 is 0 Å². The normalized spacial score (nSPS) is 15.1. The number of ether oxygens (including phenoxy) is 1. The molecule has 0 amide bonds. The van der Waals surface area contributed by atoms with E-state index in [1.807, 2.05) is 51.1 Å². The van der Waals surface area contributed by atoms with Gasteiger partial charge in [0.15, 0.2) is 0 Å². The van der Waals surface area contributed by atoms with Gasteiger partial charge in [0.25, 0.3) is 0 Å². The summed E-state index contributed by atoms with van der Waals surface area (Å²) in [5, 5.41) is 3.47. The van der Waals surface area contributed by atoms with E-state index in [2.05, 4.69) is 85.3 Å². The highest BCUT2D eigenvalue weighted by Gasteiger charge is 2.39. The third-order valence-electron chi connectivity index (χ3n) is 8.17. The molecule has 5 aromatic carbocycles. The zero-order chi connectivity index (χ0) is 31.9. The van der Waals surface area contributed by atoms with Gasteiger partial charge < -0.3 is 4.74 Å². The number of nitrogens with one attached hydrogen (secondary N) is 1. The van der Waals surface area contributed by atoms with Gasteiger partial charge >= 0.3 is 0 Å². The average molecular weight is 640 g/mol. The second-order valence-electron chi connectivity index (χ2n) is 12.7. The van der Waals surface area contributed by atoms with Crippen LogP contribution in [0.1, 0.15) is 62.9 Å². The number of para-hydroxylation sites is 2. The Hall–Kier alpha value is -3.70. The lowest BCUT2D eigenvalue weighted by molar-refractivity contribution is 0.413. The van der Waals surface area contributed by atoms with Crippen molar-refractivity contribution in [3.63, 3.8) is 0 Å². The topological polar surface area (TPSA) is 38.3 Å². The van der Waals surface area contributed by atoms with E-state index in [1.54, 1.807) is 0 Å². The maximum Gasteiger partial charge on any atom is 0.139 e. The predicted molar refractivity (Wildman–Crippen MR) is 183 cm³/mol. The van der Waals surface area contributed by atoms with Crippen molar-refractivity contribution in [2.45, 2.75) is 50.8 Å². The average Bonchev–Trinajstić information content (AvgIpc) is 3.00. The van der Waals surface area contributed by atoms with Crippen LogP contribution in [-0.2, 0) is 16.4 Å². The second-order valence-corrected chi connectivity index (χ2v) is 16.9. The number of benzene rings is 5. The molecule has 5 aromatic rings. The summed E-state index contributed by atoms with van der Waals surface area (Å²) in [5.74, 6) is -0.0178. The maximum atomic E-state index is 14.6. The Balaban J connectivity index is 1.56. The summed E-state index contributed by atoms with van der Waals surface area (Å²) in [6.07, 6.45) is 0. The number of rotatable bonds is 7. The van der Waals surface area contributed by atoms with Crippen molar-refractivity contribution in [1.82, 2.24) is 4.72 Å². The van der Waals surface area contributed by atoms with Crippen molar-refractivity contribution in [1.29, 1.82) is 0 Å². The van der Waals surface area contributed by atoms with E-state index in [0.29, 0.717) is 16.9 Å². The van der Waals surface area contributed by atoms with Crippen LogP contribution in [-0.4, -0.2) is 8.96 Å². The van der Waals surface area contributed by atoms with Crippen LogP contribution in [0, 0.1) is 11.6 Å². The second kappa shape index (κ2) is 12.2. The van der Waals surface area contributed by atoms with Crippen LogP contribution in [0.5, 0.6) is 11.5 Å². The van der Waals surface area contributed by atoms with Crippen LogP contribution in [0.25, 0.3) is 0 Å². The number of hydrogen-bond donors (Lipinski definition) is 1. The monoisotopic (exact) mass is 639 g/mol. The standard InChI is InChI=1S/C38H36F2NO2PS/c1-37(2,3)45(42)41-34(25-22-26(39)24-27(40)23-25)30-18-12-19-31-35(30)43-36-32(38(31,4)5)20-13-21-33(36)44(28-14-8-6-9-15-28)29-16-10-7-11-17-29/h6-24,34,41H,1-5H3/t34-,45?/m1/s1. The van der Waals surface area contributed by atoms with E-state index in [0.717, 1.165) is 28.2 Å². The molecule has 0 spiro atoms. The molecule has 1 aliphatic rings. The lowest BCUT2D eigenvalue weighted by Gasteiger charge is -2.38. The van der Waals surface area contributed by atoms with E-state index in [1.165, 1.54) is 22.7 Å². The molecule has 0 radical (unpaired) electrons. The van der Waals surface area contributed by atoms with E-state index in [4.69, 9.17) is 4.74 Å². The van der Waals surface area contributed by atoms with Gasteiger partial charge in [0.2, 0.25) is 0 Å². The quantitative estimate of drug-likeness (QED) is 0.182. The summed E-state index contributed by atoms with van der Waals surface area (Å²) in [4.78, 5) is 0. The SMILES string of the molecule is CC1(C)c2cccc([C@H](NS(=O)C(C)(C)C)c3cc(F)cc(F)c3)c2Oc2c(P(c3ccccc3)c3ccccc3)cccc21. The Morgan fingerprint density at radius 1 is 0.733 bits per heavy atom. The minimum Gasteiger partial charge on any atom is -0.456 e. The smallest absolute Gasteiger partial charge is 0.139 e. The summed E-state index contributed by atoms with van der Waals surface area (Å²) >= 11 is 0. The highest BCUT2D eigenvalue weighted by atomic mass is 32.2. The molecule has 0 saturated heterocycles. The zero-order valence-corrected chi connectivity index (χ0v) is 27.7. The summed E-state index contributed by atoms with van der Waals surface area (Å²) in [7, 11) is -2.54. The van der Waals surface area contributed by atoms with Gasteiger partial charge in [-0.3, -0.25) is 0 Å². The highest BCUT2D eigenvalue weighted by Crippen LogP contribution is 2.52. The molecule has 3 nitrogen and oxygen atoms in total. The van der Waals surface area contributed by atoms with Gasteiger partial charge in [0.1, 0.15) is 23.1 Å². The first-order chi connectivity index (χ1) is 21.4. The predicted octanol–water partition coefficient (Wildman–Crippen LogP) is 8.30. The molecule has 1 unspecified atom stereocenters. The molecule has 1 N–H and O–H groups in total. The summed E-state index contributed by atoms with van der Waals surface area (Å²) in [6, 6.07) is 35.7. The van der Waals surface area contributed by atoms with E-state index in [-0.39, 0.29) is 0 Å². The van der Waals surface area contributed by atoms with E-state index < -0.39 is 46.7 Å². The summed E-state index contributed by atoms with van der Waals surface area (Å²) < 4.78 is 52.4. The molecular weight excluding hydrogens is 603 g/mol. The lowest BCUT2D eigenvalue weighted by atomic mass is 9.74.